The van der Waals surface area contributed by atoms with E-state index in [1.165, 1.54) is 56.9 Å². The van der Waals surface area contributed by atoms with Crippen LogP contribution in [0.25, 0.3) is 0 Å². The number of aromatic nitrogens is 1. The van der Waals surface area contributed by atoms with Crippen LogP contribution in [0.1, 0.15) is 31.2 Å². The third-order valence-electron chi connectivity index (χ3n) is 4.43. The van der Waals surface area contributed by atoms with Crippen LogP contribution in [0.3, 0.4) is 0 Å². The van der Waals surface area contributed by atoms with Crippen molar-refractivity contribution in [2.24, 2.45) is 5.92 Å². The van der Waals surface area contributed by atoms with Crippen LogP contribution in [0, 0.1) is 17.2 Å². The summed E-state index contributed by atoms with van der Waals surface area (Å²) < 4.78 is 4.11. The molecule has 5 nitrogen and oxygen atoms in total. The van der Waals surface area contributed by atoms with Gasteiger partial charge in [0.15, 0.2) is 5.82 Å². The van der Waals surface area contributed by atoms with Crippen molar-refractivity contribution in [3.8, 4) is 6.07 Å². The van der Waals surface area contributed by atoms with Crippen molar-refractivity contribution in [1.29, 1.82) is 5.26 Å². The van der Waals surface area contributed by atoms with Crippen LogP contribution < -0.4 is 10.6 Å². The van der Waals surface area contributed by atoms with E-state index in [2.05, 4.69) is 20.2 Å². The van der Waals surface area contributed by atoms with E-state index in [9.17, 15) is 0 Å². The first kappa shape index (κ1) is 13.7. The van der Waals surface area contributed by atoms with E-state index in [1.54, 1.807) is 0 Å². The molecule has 2 fully saturated rings. The number of nitrogens with zero attached hydrogens (tertiary/aromatic N) is 4. The number of hydrogen-bond acceptors (Lipinski definition) is 6. The molecule has 0 amide bonds. The first-order chi connectivity index (χ1) is 9.78. The van der Waals surface area contributed by atoms with E-state index in [-0.39, 0.29) is 0 Å². The molecule has 2 aliphatic rings. The van der Waals surface area contributed by atoms with Crippen LogP contribution >= 0.6 is 11.5 Å². The largest absolute Gasteiger partial charge is 0.382 e. The highest BCUT2D eigenvalue weighted by molar-refractivity contribution is 7.10. The lowest BCUT2D eigenvalue weighted by molar-refractivity contribution is 0.249. The fourth-order valence-electron chi connectivity index (χ4n) is 3.26. The van der Waals surface area contributed by atoms with Crippen molar-refractivity contribution in [2.45, 2.75) is 25.7 Å². The zero-order chi connectivity index (χ0) is 13.9. The maximum Gasteiger partial charge on any atom is 0.157 e. The SMILES string of the molecule is N#Cc1c(N)nsc1N1CCC(CN2CCCC2)CC1. The summed E-state index contributed by atoms with van der Waals surface area (Å²) in [6.45, 7) is 5.86. The second-order valence-electron chi connectivity index (χ2n) is 5.80. The second-order valence-corrected chi connectivity index (χ2v) is 6.55. The number of piperidine rings is 1. The first-order valence-corrected chi connectivity index (χ1v) is 8.18. The van der Waals surface area contributed by atoms with Gasteiger partial charge in [0.1, 0.15) is 16.6 Å². The van der Waals surface area contributed by atoms with Crippen molar-refractivity contribution < 1.29 is 0 Å². The predicted octanol–water partition coefficient (Wildman–Crippen LogP) is 1.91. The van der Waals surface area contributed by atoms with Gasteiger partial charge >= 0.3 is 0 Å². The van der Waals surface area contributed by atoms with Crippen LogP contribution in [-0.2, 0) is 0 Å². The number of anilines is 2. The molecule has 2 aliphatic heterocycles. The first-order valence-electron chi connectivity index (χ1n) is 7.40. The lowest BCUT2D eigenvalue weighted by Gasteiger charge is -2.34. The molecule has 0 radical (unpaired) electrons. The van der Waals surface area contributed by atoms with Gasteiger partial charge in [-0.2, -0.15) is 9.64 Å². The summed E-state index contributed by atoms with van der Waals surface area (Å²) in [5.74, 6) is 1.19. The molecule has 2 saturated heterocycles. The minimum absolute atomic E-state index is 0.381. The van der Waals surface area contributed by atoms with E-state index in [4.69, 9.17) is 11.0 Å². The minimum Gasteiger partial charge on any atom is -0.382 e. The Hall–Kier alpha value is -1.32. The van der Waals surface area contributed by atoms with E-state index >= 15 is 0 Å². The monoisotopic (exact) mass is 291 g/mol. The Kier molecular flexibility index (Phi) is 4.08. The Morgan fingerprint density at radius 1 is 1.25 bits per heavy atom. The smallest absolute Gasteiger partial charge is 0.157 e. The predicted molar refractivity (Wildman–Crippen MR) is 81.9 cm³/mol. The molecule has 0 atom stereocenters. The van der Waals surface area contributed by atoms with Crippen molar-refractivity contribution in [3.05, 3.63) is 5.56 Å². The van der Waals surface area contributed by atoms with Gasteiger partial charge in [-0.3, -0.25) is 0 Å². The summed E-state index contributed by atoms with van der Waals surface area (Å²) in [7, 11) is 0. The standard InChI is InChI=1S/C14H21N5S/c15-9-12-13(16)17-20-14(12)19-7-3-11(4-8-19)10-18-5-1-2-6-18/h11H,1-8,10H2,(H2,16,17). The number of nitrogen functional groups attached to an aromatic ring is 1. The second kappa shape index (κ2) is 5.98. The van der Waals surface area contributed by atoms with Crippen molar-refractivity contribution in [2.75, 3.05) is 43.4 Å². The van der Waals surface area contributed by atoms with Crippen LogP contribution in [0.15, 0.2) is 0 Å². The third-order valence-corrected chi connectivity index (χ3v) is 5.35. The average molecular weight is 291 g/mol. The van der Waals surface area contributed by atoms with E-state index in [0.717, 1.165) is 24.0 Å². The lowest BCUT2D eigenvalue weighted by atomic mass is 9.96. The fraction of sp³-hybridized carbons (Fsp3) is 0.714. The van der Waals surface area contributed by atoms with Crippen LogP contribution in [0.2, 0.25) is 0 Å². The van der Waals surface area contributed by atoms with E-state index in [1.807, 2.05) is 0 Å². The van der Waals surface area contributed by atoms with Gasteiger partial charge in [0.2, 0.25) is 0 Å². The molecular weight excluding hydrogens is 270 g/mol. The Morgan fingerprint density at radius 2 is 1.95 bits per heavy atom. The highest BCUT2D eigenvalue weighted by Crippen LogP contribution is 2.33. The number of rotatable bonds is 3. The van der Waals surface area contributed by atoms with Gasteiger partial charge in [-0.25, -0.2) is 0 Å². The van der Waals surface area contributed by atoms with Gasteiger partial charge in [-0.15, -0.1) is 0 Å². The van der Waals surface area contributed by atoms with Crippen molar-refractivity contribution >= 4 is 22.4 Å². The fourth-order valence-corrected chi connectivity index (χ4v) is 4.08. The van der Waals surface area contributed by atoms with E-state index < -0.39 is 0 Å². The van der Waals surface area contributed by atoms with Crippen LogP contribution in [-0.4, -0.2) is 42.0 Å². The summed E-state index contributed by atoms with van der Waals surface area (Å²) in [6, 6.07) is 2.18. The molecule has 108 valence electrons. The normalized spacial score (nSPS) is 21.2. The average Bonchev–Trinajstić information content (AvgIpc) is 3.09. The molecule has 0 spiro atoms. The molecule has 3 heterocycles. The van der Waals surface area contributed by atoms with E-state index in [0.29, 0.717) is 11.4 Å². The molecule has 1 aromatic rings. The number of hydrogen-bond donors (Lipinski definition) is 1. The zero-order valence-electron chi connectivity index (χ0n) is 11.7. The maximum absolute atomic E-state index is 9.16. The molecular formula is C14H21N5S. The Balaban J connectivity index is 1.56. The van der Waals surface area contributed by atoms with Crippen LogP contribution in [0.5, 0.6) is 0 Å². The summed E-state index contributed by atoms with van der Waals surface area (Å²) >= 11 is 1.36. The molecule has 0 unspecified atom stereocenters. The van der Waals surface area contributed by atoms with Crippen LogP contribution in [0.4, 0.5) is 10.8 Å². The quantitative estimate of drug-likeness (QED) is 0.921. The highest BCUT2D eigenvalue weighted by atomic mass is 32.1. The Labute approximate surface area is 124 Å². The van der Waals surface area contributed by atoms with Gasteiger partial charge in [-0.1, -0.05) is 0 Å². The van der Waals surface area contributed by atoms with Crippen molar-refractivity contribution in [3.63, 3.8) is 0 Å². The molecule has 2 N–H and O–H groups in total. The van der Waals surface area contributed by atoms with Gasteiger partial charge in [0.25, 0.3) is 0 Å². The van der Waals surface area contributed by atoms with Crippen molar-refractivity contribution in [1.82, 2.24) is 9.27 Å². The maximum atomic E-state index is 9.16. The molecule has 20 heavy (non-hydrogen) atoms. The van der Waals surface area contributed by atoms with Gasteiger partial charge in [0, 0.05) is 19.6 Å². The number of nitrogens with two attached hydrogens (primary N) is 1. The molecule has 1 aromatic heterocycles. The van der Waals surface area contributed by atoms with Gasteiger partial charge < -0.3 is 15.5 Å². The minimum atomic E-state index is 0.381. The molecule has 0 aliphatic carbocycles. The topological polar surface area (TPSA) is 69.2 Å². The summed E-state index contributed by atoms with van der Waals surface area (Å²) in [5.41, 5.74) is 6.30. The highest BCUT2D eigenvalue weighted by Gasteiger charge is 2.25. The molecule has 0 saturated carbocycles. The van der Waals surface area contributed by atoms with Gasteiger partial charge in [0.05, 0.1) is 0 Å². The summed E-state index contributed by atoms with van der Waals surface area (Å²) in [4.78, 5) is 4.89. The Morgan fingerprint density at radius 3 is 2.60 bits per heavy atom. The Bertz CT molecular complexity index is 492. The summed E-state index contributed by atoms with van der Waals surface area (Å²) in [6.07, 6.45) is 5.15. The zero-order valence-corrected chi connectivity index (χ0v) is 12.5. The summed E-state index contributed by atoms with van der Waals surface area (Å²) in [5, 5.41) is 10.1. The number of nitriles is 1. The molecule has 0 bridgehead atoms. The lowest BCUT2D eigenvalue weighted by Crippen LogP contribution is -2.38. The molecule has 3 rings (SSSR count). The third kappa shape index (κ3) is 2.74. The number of likely N-dealkylation sites (tertiary alicyclic amines) is 1. The molecule has 6 heteroatoms. The molecule has 0 aromatic carbocycles. The van der Waals surface area contributed by atoms with Gasteiger partial charge in [-0.05, 0) is 56.2 Å².